The molecule has 0 N–H and O–H groups in total. The summed E-state index contributed by atoms with van der Waals surface area (Å²) < 4.78 is 0. The Bertz CT molecular complexity index is 234. The van der Waals surface area contributed by atoms with Gasteiger partial charge in [0.1, 0.15) is 0 Å². The largest absolute Gasteiger partial charge is 0.378 e. The molecule has 0 amide bonds. The van der Waals surface area contributed by atoms with Gasteiger partial charge < -0.3 is 4.90 Å². The molecule has 0 aromatic rings. The minimum atomic E-state index is 0.709. The van der Waals surface area contributed by atoms with Crippen LogP contribution in [-0.4, -0.2) is 18.0 Å². The third kappa shape index (κ3) is 3.50. The van der Waals surface area contributed by atoms with E-state index in [9.17, 15) is 0 Å². The van der Waals surface area contributed by atoms with E-state index < -0.39 is 0 Å². The zero-order valence-electron chi connectivity index (χ0n) is 12.4. The van der Waals surface area contributed by atoms with Gasteiger partial charge in [-0.1, -0.05) is 40.7 Å². The first kappa shape index (κ1) is 14.6. The molecule has 0 aromatic carbocycles. The van der Waals surface area contributed by atoms with Crippen LogP contribution in [0, 0.1) is 23.7 Å². The Morgan fingerprint density at radius 1 is 1.29 bits per heavy atom. The Labute approximate surface area is 108 Å². The maximum atomic E-state index is 3.95. The van der Waals surface area contributed by atoms with E-state index >= 15 is 0 Å². The summed E-state index contributed by atoms with van der Waals surface area (Å²) in [7, 11) is 2.20. The summed E-state index contributed by atoms with van der Waals surface area (Å²) in [5.74, 6) is 3.44. The van der Waals surface area contributed by atoms with Crippen LogP contribution in [0.1, 0.15) is 53.4 Å². The van der Waals surface area contributed by atoms with Gasteiger partial charge in [-0.15, -0.1) is 0 Å². The minimum absolute atomic E-state index is 0.709. The predicted octanol–water partition coefficient (Wildman–Crippen LogP) is 4.55. The van der Waals surface area contributed by atoms with Gasteiger partial charge in [-0.2, -0.15) is 0 Å². The van der Waals surface area contributed by atoms with Crippen LogP contribution in [0.25, 0.3) is 0 Å². The highest BCUT2D eigenvalue weighted by Crippen LogP contribution is 2.39. The van der Waals surface area contributed by atoms with Crippen LogP contribution in [0.5, 0.6) is 0 Å². The van der Waals surface area contributed by atoms with Crippen molar-refractivity contribution in [3.63, 3.8) is 0 Å². The third-order valence-corrected chi connectivity index (χ3v) is 5.03. The van der Waals surface area contributed by atoms with E-state index in [4.69, 9.17) is 0 Å². The molecule has 1 rings (SSSR count). The van der Waals surface area contributed by atoms with Crippen LogP contribution >= 0.6 is 0 Å². The fourth-order valence-corrected chi connectivity index (χ4v) is 3.43. The van der Waals surface area contributed by atoms with Gasteiger partial charge in [0.2, 0.25) is 0 Å². The molecule has 100 valence electrons. The van der Waals surface area contributed by atoms with E-state index in [0.29, 0.717) is 6.04 Å². The summed E-state index contributed by atoms with van der Waals surface area (Å²) in [5.41, 5.74) is 0. The first-order valence-corrected chi connectivity index (χ1v) is 7.35. The van der Waals surface area contributed by atoms with Gasteiger partial charge in [-0.3, -0.25) is 0 Å². The lowest BCUT2D eigenvalue weighted by Crippen LogP contribution is -2.43. The average molecular weight is 237 g/mol. The highest BCUT2D eigenvalue weighted by atomic mass is 15.1. The molecule has 0 aliphatic heterocycles. The molecular formula is C16H31N. The van der Waals surface area contributed by atoms with Crippen LogP contribution in [0.4, 0.5) is 0 Å². The molecule has 4 unspecified atom stereocenters. The van der Waals surface area contributed by atoms with Gasteiger partial charge in [0.25, 0.3) is 0 Å². The lowest BCUT2D eigenvalue weighted by molar-refractivity contribution is 0.0820. The second-order valence-electron chi connectivity index (χ2n) is 6.28. The molecule has 17 heavy (non-hydrogen) atoms. The van der Waals surface area contributed by atoms with Crippen molar-refractivity contribution < 1.29 is 0 Å². The van der Waals surface area contributed by atoms with Crippen molar-refractivity contribution in [1.29, 1.82) is 0 Å². The maximum Gasteiger partial charge on any atom is 0.0314 e. The third-order valence-electron chi connectivity index (χ3n) is 5.03. The molecule has 0 spiro atoms. The smallest absolute Gasteiger partial charge is 0.0314 e. The molecular weight excluding hydrogens is 206 g/mol. The summed E-state index contributed by atoms with van der Waals surface area (Å²) in [6.07, 6.45) is 7.52. The molecule has 0 heterocycles. The average Bonchev–Trinajstić information content (AvgIpc) is 2.35. The Balaban J connectivity index is 2.72. The van der Waals surface area contributed by atoms with Crippen LogP contribution in [-0.2, 0) is 0 Å². The molecule has 0 bridgehead atoms. The highest BCUT2D eigenvalue weighted by molar-refractivity contribution is 4.91. The van der Waals surface area contributed by atoms with E-state index in [1.807, 2.05) is 6.20 Å². The number of hydrogen-bond acceptors (Lipinski definition) is 1. The summed E-state index contributed by atoms with van der Waals surface area (Å²) in [6, 6.07) is 0.709. The first-order valence-electron chi connectivity index (χ1n) is 7.35. The first-order chi connectivity index (χ1) is 8.01. The lowest BCUT2D eigenvalue weighted by atomic mass is 9.69. The molecule has 1 nitrogen and oxygen atoms in total. The van der Waals surface area contributed by atoms with Gasteiger partial charge in [0, 0.05) is 13.1 Å². The van der Waals surface area contributed by atoms with E-state index in [2.05, 4.69) is 46.2 Å². The van der Waals surface area contributed by atoms with E-state index in [-0.39, 0.29) is 0 Å². The van der Waals surface area contributed by atoms with Crippen molar-refractivity contribution >= 4 is 0 Å². The lowest BCUT2D eigenvalue weighted by Gasteiger charge is -2.44. The standard InChI is InChI=1S/C16H31N/c1-7-13(5)14-9-10-15(12(3)4)16(11-14)17(6)8-2/h8,12-16H,2,7,9-11H2,1,3-6H3. The van der Waals surface area contributed by atoms with Gasteiger partial charge in [0.15, 0.2) is 0 Å². The molecule has 4 atom stereocenters. The normalized spacial score (nSPS) is 31.3. The quantitative estimate of drug-likeness (QED) is 0.678. The van der Waals surface area contributed by atoms with Crippen molar-refractivity contribution in [3.05, 3.63) is 12.8 Å². The Hall–Kier alpha value is -0.460. The topological polar surface area (TPSA) is 3.24 Å². The molecule has 1 aliphatic rings. The van der Waals surface area contributed by atoms with Gasteiger partial charge >= 0.3 is 0 Å². The Morgan fingerprint density at radius 3 is 2.41 bits per heavy atom. The van der Waals surface area contributed by atoms with E-state index in [1.165, 1.54) is 25.7 Å². The SMILES string of the molecule is C=CN(C)C1CC(C(C)CC)CCC1C(C)C. The van der Waals surface area contributed by atoms with Crippen LogP contribution in [0.3, 0.4) is 0 Å². The second kappa shape index (κ2) is 6.47. The Morgan fingerprint density at radius 2 is 1.94 bits per heavy atom. The zero-order chi connectivity index (χ0) is 13.0. The monoisotopic (exact) mass is 237 g/mol. The fourth-order valence-electron chi connectivity index (χ4n) is 3.43. The maximum absolute atomic E-state index is 3.95. The second-order valence-corrected chi connectivity index (χ2v) is 6.28. The summed E-state index contributed by atoms with van der Waals surface area (Å²) in [5, 5.41) is 0. The number of nitrogens with zero attached hydrogens (tertiary/aromatic N) is 1. The molecule has 1 aliphatic carbocycles. The van der Waals surface area contributed by atoms with Crippen molar-refractivity contribution in [2.24, 2.45) is 23.7 Å². The number of hydrogen-bond donors (Lipinski definition) is 0. The van der Waals surface area contributed by atoms with Crippen LogP contribution in [0.15, 0.2) is 12.8 Å². The van der Waals surface area contributed by atoms with Crippen molar-refractivity contribution in [3.8, 4) is 0 Å². The molecule has 1 saturated carbocycles. The summed E-state index contributed by atoms with van der Waals surface area (Å²) in [4.78, 5) is 2.36. The van der Waals surface area contributed by atoms with Crippen molar-refractivity contribution in [2.75, 3.05) is 7.05 Å². The van der Waals surface area contributed by atoms with E-state index in [0.717, 1.165) is 23.7 Å². The number of rotatable bonds is 5. The van der Waals surface area contributed by atoms with Gasteiger partial charge in [-0.25, -0.2) is 0 Å². The highest BCUT2D eigenvalue weighted by Gasteiger charge is 2.35. The minimum Gasteiger partial charge on any atom is -0.378 e. The Kier molecular flexibility index (Phi) is 5.55. The predicted molar refractivity (Wildman–Crippen MR) is 76.9 cm³/mol. The molecule has 0 radical (unpaired) electrons. The van der Waals surface area contributed by atoms with Gasteiger partial charge in [0.05, 0.1) is 0 Å². The van der Waals surface area contributed by atoms with Crippen molar-refractivity contribution in [1.82, 2.24) is 4.90 Å². The summed E-state index contributed by atoms with van der Waals surface area (Å²) in [6.45, 7) is 13.4. The van der Waals surface area contributed by atoms with E-state index in [1.54, 1.807) is 0 Å². The molecule has 1 fully saturated rings. The summed E-state index contributed by atoms with van der Waals surface area (Å²) >= 11 is 0. The molecule has 0 saturated heterocycles. The fraction of sp³-hybridized carbons (Fsp3) is 0.875. The molecule has 1 heteroatoms. The van der Waals surface area contributed by atoms with Crippen molar-refractivity contribution in [2.45, 2.75) is 59.4 Å². The van der Waals surface area contributed by atoms with Gasteiger partial charge in [-0.05, 0) is 49.1 Å². The zero-order valence-corrected chi connectivity index (χ0v) is 12.4. The van der Waals surface area contributed by atoms with Crippen LogP contribution < -0.4 is 0 Å². The van der Waals surface area contributed by atoms with Crippen LogP contribution in [0.2, 0.25) is 0 Å². The molecule has 0 aromatic heterocycles.